The van der Waals surface area contributed by atoms with Crippen molar-refractivity contribution in [3.63, 3.8) is 0 Å². The number of unbranched alkanes of at least 4 members (excludes halogenated alkanes) is 18. The highest BCUT2D eigenvalue weighted by atomic mass is 16.6. The van der Waals surface area contributed by atoms with Crippen molar-refractivity contribution in [3.8, 4) is 0 Å². The molecule has 0 rings (SSSR count). The van der Waals surface area contributed by atoms with E-state index in [-0.39, 0.29) is 37.5 Å². The highest BCUT2D eigenvalue weighted by Crippen LogP contribution is 2.13. The number of carbonyl (C=O) groups is 3. The number of allylic oxidation sites excluding steroid dienone is 28. The van der Waals surface area contributed by atoms with Crippen LogP contribution in [0.1, 0.15) is 265 Å². The van der Waals surface area contributed by atoms with E-state index in [1.54, 1.807) is 0 Å². The first kappa shape index (κ1) is 75.8. The molecule has 1 atom stereocenters. The van der Waals surface area contributed by atoms with Crippen LogP contribution in [0.4, 0.5) is 0 Å². The fourth-order valence-electron chi connectivity index (χ4n) is 8.36. The molecule has 6 nitrogen and oxygen atoms in total. The van der Waals surface area contributed by atoms with Gasteiger partial charge in [-0.3, -0.25) is 14.4 Å². The highest BCUT2D eigenvalue weighted by molar-refractivity contribution is 5.71. The Morgan fingerprint density at radius 2 is 0.481 bits per heavy atom. The molecule has 0 radical (unpaired) electrons. The molecule has 454 valence electrons. The van der Waals surface area contributed by atoms with E-state index in [0.717, 1.165) is 167 Å². The van der Waals surface area contributed by atoms with Crippen LogP contribution in [0.3, 0.4) is 0 Å². The van der Waals surface area contributed by atoms with Crippen LogP contribution in [0.2, 0.25) is 0 Å². The molecule has 0 aromatic heterocycles. The molecular weight excluding hydrogens is 997 g/mol. The third kappa shape index (κ3) is 65.5. The smallest absolute Gasteiger partial charge is 0.306 e. The van der Waals surface area contributed by atoms with E-state index in [1.165, 1.54) is 51.4 Å². The fourth-order valence-corrected chi connectivity index (χ4v) is 8.36. The molecule has 0 amide bonds. The molecular formula is C75H118O6. The molecule has 0 N–H and O–H groups in total. The predicted octanol–water partition coefficient (Wildman–Crippen LogP) is 22.7. The summed E-state index contributed by atoms with van der Waals surface area (Å²) >= 11 is 0. The van der Waals surface area contributed by atoms with Crippen LogP contribution >= 0.6 is 0 Å². The molecule has 0 aromatic rings. The Hall–Kier alpha value is -5.23. The van der Waals surface area contributed by atoms with Gasteiger partial charge in [0, 0.05) is 19.3 Å². The normalized spacial score (nSPS) is 13.3. The Balaban J connectivity index is 4.43. The van der Waals surface area contributed by atoms with Crippen LogP contribution in [0.25, 0.3) is 0 Å². The molecule has 6 heteroatoms. The SMILES string of the molecule is CC/C=C\C/C=C\C/C=C\C/C=C\C/C=C\C/C=C\C/C=C\C/C=C\C/C=C\C/C=C\CCCCC(=O)OCC(COC(=O)CCCCCCC/C=C\CCCCCCCC)OC(=O)CCCCCCC/C=C\C/C=C\C/C=C\CC. The summed E-state index contributed by atoms with van der Waals surface area (Å²) in [6, 6.07) is 0. The van der Waals surface area contributed by atoms with Crippen molar-refractivity contribution in [2.45, 2.75) is 271 Å². The van der Waals surface area contributed by atoms with Crippen molar-refractivity contribution >= 4 is 17.9 Å². The van der Waals surface area contributed by atoms with Gasteiger partial charge in [-0.25, -0.2) is 0 Å². The van der Waals surface area contributed by atoms with Crippen molar-refractivity contribution in [2.75, 3.05) is 13.2 Å². The second kappa shape index (κ2) is 67.3. The van der Waals surface area contributed by atoms with Gasteiger partial charge in [0.25, 0.3) is 0 Å². The van der Waals surface area contributed by atoms with Gasteiger partial charge in [0.15, 0.2) is 6.10 Å². The molecule has 0 saturated heterocycles. The van der Waals surface area contributed by atoms with Crippen molar-refractivity contribution in [1.82, 2.24) is 0 Å². The third-order valence-corrected chi connectivity index (χ3v) is 13.2. The number of esters is 3. The van der Waals surface area contributed by atoms with Gasteiger partial charge in [-0.15, -0.1) is 0 Å². The average molecular weight is 1120 g/mol. The van der Waals surface area contributed by atoms with E-state index >= 15 is 0 Å². The number of carbonyl (C=O) groups excluding carboxylic acids is 3. The average Bonchev–Trinajstić information content (AvgIpc) is 3.47. The van der Waals surface area contributed by atoms with Gasteiger partial charge in [0.05, 0.1) is 0 Å². The minimum absolute atomic E-state index is 0.110. The number of rotatable bonds is 57. The molecule has 0 aliphatic heterocycles. The van der Waals surface area contributed by atoms with Crippen LogP contribution in [0, 0.1) is 0 Å². The molecule has 0 bridgehead atoms. The maximum absolute atomic E-state index is 12.9. The minimum atomic E-state index is -0.818. The summed E-state index contributed by atoms with van der Waals surface area (Å²) < 4.78 is 16.8. The van der Waals surface area contributed by atoms with Crippen LogP contribution in [-0.2, 0) is 28.6 Å². The zero-order chi connectivity index (χ0) is 58.5. The monoisotopic (exact) mass is 1110 g/mol. The van der Waals surface area contributed by atoms with E-state index in [0.29, 0.717) is 19.3 Å². The van der Waals surface area contributed by atoms with Crippen LogP contribution in [0.5, 0.6) is 0 Å². The Morgan fingerprint density at radius 3 is 0.790 bits per heavy atom. The number of hydrogen-bond acceptors (Lipinski definition) is 6. The molecule has 1 unspecified atom stereocenters. The lowest BCUT2D eigenvalue weighted by atomic mass is 10.1. The van der Waals surface area contributed by atoms with Crippen LogP contribution in [-0.4, -0.2) is 37.2 Å². The fraction of sp³-hybridized carbons (Fsp3) is 0.587. The number of hydrogen-bond donors (Lipinski definition) is 0. The van der Waals surface area contributed by atoms with E-state index in [4.69, 9.17) is 14.2 Å². The molecule has 0 saturated carbocycles. The Kier molecular flexibility index (Phi) is 62.9. The van der Waals surface area contributed by atoms with Crippen molar-refractivity contribution in [2.24, 2.45) is 0 Å². The summed E-state index contributed by atoms with van der Waals surface area (Å²) in [7, 11) is 0. The summed E-state index contributed by atoms with van der Waals surface area (Å²) in [5.41, 5.74) is 0. The van der Waals surface area contributed by atoms with Gasteiger partial charge in [0.2, 0.25) is 0 Å². The maximum Gasteiger partial charge on any atom is 0.306 e. The molecule has 0 spiro atoms. The van der Waals surface area contributed by atoms with E-state index in [1.807, 2.05) is 0 Å². The largest absolute Gasteiger partial charge is 0.462 e. The topological polar surface area (TPSA) is 78.9 Å². The summed E-state index contributed by atoms with van der Waals surface area (Å²) in [6.45, 7) is 6.34. The Morgan fingerprint density at radius 1 is 0.259 bits per heavy atom. The summed E-state index contributed by atoms with van der Waals surface area (Å²) in [5.74, 6) is -0.985. The van der Waals surface area contributed by atoms with Crippen molar-refractivity contribution < 1.29 is 28.6 Å². The van der Waals surface area contributed by atoms with E-state index in [2.05, 4.69) is 191 Å². The lowest BCUT2D eigenvalue weighted by Crippen LogP contribution is -2.30. The molecule has 0 aliphatic rings. The zero-order valence-corrected chi connectivity index (χ0v) is 52.0. The molecule has 81 heavy (non-hydrogen) atoms. The van der Waals surface area contributed by atoms with Gasteiger partial charge in [-0.05, 0) is 154 Å². The van der Waals surface area contributed by atoms with E-state index < -0.39 is 6.10 Å². The lowest BCUT2D eigenvalue weighted by Gasteiger charge is -2.18. The molecule has 0 aromatic carbocycles. The van der Waals surface area contributed by atoms with Crippen molar-refractivity contribution in [3.05, 3.63) is 170 Å². The zero-order valence-electron chi connectivity index (χ0n) is 52.0. The summed E-state index contributed by atoms with van der Waals surface area (Å²) in [5, 5.41) is 0. The first-order chi connectivity index (χ1) is 40.0. The second-order valence-electron chi connectivity index (χ2n) is 20.9. The summed E-state index contributed by atoms with van der Waals surface area (Å²) in [6.07, 6.45) is 99.4. The minimum Gasteiger partial charge on any atom is -0.462 e. The Bertz CT molecular complexity index is 1860. The van der Waals surface area contributed by atoms with Gasteiger partial charge in [0.1, 0.15) is 13.2 Å². The highest BCUT2D eigenvalue weighted by Gasteiger charge is 2.19. The quantitative estimate of drug-likeness (QED) is 0.0261. The predicted molar refractivity (Wildman–Crippen MR) is 352 cm³/mol. The maximum atomic E-state index is 12.9. The number of ether oxygens (including phenoxy) is 3. The second-order valence-corrected chi connectivity index (χ2v) is 20.9. The third-order valence-electron chi connectivity index (χ3n) is 13.2. The molecule has 0 heterocycles. The molecule has 0 fully saturated rings. The standard InChI is InChI=1S/C75H118O6/c1-4-7-10-13-16-19-22-25-28-29-30-31-32-33-34-35-36-37-38-39-40-41-42-43-44-45-48-50-53-56-59-62-65-68-74(77)80-71-72(81-75(78)69-66-63-60-57-54-51-47-27-24-21-18-15-12-9-6-3)70-79-73(76)67-64-61-58-55-52-49-46-26-23-20-17-14-11-8-5-2/h7,9-10,12,16,18-19,21,25-28,30-31,33-34,36-37,39-40,42-43,45-48,53,56,72H,4-6,8,11,13-15,17,20,22-24,29,32,35,38,41,44,49-52,54-55,57-71H2,1-3H3/b10-7-,12-9-,19-16-,21-18-,28-25-,31-30-,34-33-,37-36-,40-39-,43-42-,46-26-,47-27-,48-45-,56-53-. The first-order valence-corrected chi connectivity index (χ1v) is 32.6. The first-order valence-electron chi connectivity index (χ1n) is 32.6. The summed E-state index contributed by atoms with van der Waals surface area (Å²) in [4.78, 5) is 38.3. The van der Waals surface area contributed by atoms with Gasteiger partial charge in [-0.2, -0.15) is 0 Å². The van der Waals surface area contributed by atoms with Gasteiger partial charge < -0.3 is 14.2 Å². The lowest BCUT2D eigenvalue weighted by molar-refractivity contribution is -0.167. The van der Waals surface area contributed by atoms with Gasteiger partial charge >= 0.3 is 17.9 Å². The van der Waals surface area contributed by atoms with Crippen molar-refractivity contribution in [1.29, 1.82) is 0 Å². The molecule has 0 aliphatic carbocycles. The van der Waals surface area contributed by atoms with Gasteiger partial charge in [-0.1, -0.05) is 262 Å². The van der Waals surface area contributed by atoms with Crippen LogP contribution < -0.4 is 0 Å². The van der Waals surface area contributed by atoms with Crippen LogP contribution in [0.15, 0.2) is 170 Å². The Labute approximate surface area is 498 Å². The van der Waals surface area contributed by atoms with E-state index in [9.17, 15) is 14.4 Å².